The summed E-state index contributed by atoms with van der Waals surface area (Å²) in [6.07, 6.45) is 8.60. The summed E-state index contributed by atoms with van der Waals surface area (Å²) in [4.78, 5) is 14.5. The third kappa shape index (κ3) is 4.29. The number of ether oxygens (including phenoxy) is 1. The third-order valence-electron chi connectivity index (χ3n) is 5.12. The molecule has 0 aromatic carbocycles. The number of hydrogen-bond acceptors (Lipinski definition) is 3. The number of anilines is 1. The largest absolute Gasteiger partial charge is 0.378 e. The first-order valence-corrected chi connectivity index (χ1v) is 9.40. The van der Waals surface area contributed by atoms with Crippen LogP contribution >= 0.6 is 0 Å². The molecule has 1 N–H and O–H groups in total. The molecular weight excluding hydrogens is 304 g/mol. The van der Waals surface area contributed by atoms with Crippen LogP contribution in [0, 0.1) is 5.92 Å². The van der Waals surface area contributed by atoms with Gasteiger partial charge in [0, 0.05) is 25.8 Å². The Morgan fingerprint density at radius 1 is 1.38 bits per heavy atom. The van der Waals surface area contributed by atoms with E-state index in [1.165, 1.54) is 12.8 Å². The zero-order valence-electron chi connectivity index (χ0n) is 14.9. The van der Waals surface area contributed by atoms with E-state index in [2.05, 4.69) is 24.3 Å². The van der Waals surface area contributed by atoms with Gasteiger partial charge in [0.05, 0.1) is 18.3 Å². The number of amides is 2. The number of aromatic nitrogens is 2. The summed E-state index contributed by atoms with van der Waals surface area (Å²) in [5.41, 5.74) is 0. The normalized spacial score (nSPS) is 22.9. The fourth-order valence-corrected chi connectivity index (χ4v) is 3.42. The minimum Gasteiger partial charge on any atom is -0.378 e. The van der Waals surface area contributed by atoms with E-state index in [-0.39, 0.29) is 6.03 Å². The lowest BCUT2D eigenvalue weighted by molar-refractivity contribution is 0.0446. The molecule has 2 fully saturated rings. The maximum Gasteiger partial charge on any atom is 0.323 e. The maximum atomic E-state index is 12.6. The number of carbonyl (C=O) groups excluding carboxylic acids is 1. The molecule has 3 rings (SSSR count). The molecule has 2 amide bonds. The van der Waals surface area contributed by atoms with Crippen molar-refractivity contribution < 1.29 is 9.53 Å². The van der Waals surface area contributed by atoms with Gasteiger partial charge >= 0.3 is 6.03 Å². The third-order valence-corrected chi connectivity index (χ3v) is 5.12. The number of hydrogen-bond donors (Lipinski definition) is 1. The number of carbonyl (C=O) groups is 1. The highest BCUT2D eigenvalue weighted by molar-refractivity contribution is 5.88. The van der Waals surface area contributed by atoms with Crippen LogP contribution in [-0.4, -0.2) is 46.5 Å². The van der Waals surface area contributed by atoms with Crippen molar-refractivity contribution in [3.8, 4) is 0 Å². The zero-order chi connectivity index (χ0) is 16.9. The SMILES string of the molecule is CCCO[C@H]1CCCN(C(=O)Nc2ccnn2[C@H](C)C2CC2)CC1. The highest BCUT2D eigenvalue weighted by atomic mass is 16.5. The van der Waals surface area contributed by atoms with E-state index in [1.54, 1.807) is 6.20 Å². The molecule has 1 aromatic heterocycles. The number of nitrogens with one attached hydrogen (secondary N) is 1. The average molecular weight is 334 g/mol. The van der Waals surface area contributed by atoms with Gasteiger partial charge in [-0.15, -0.1) is 0 Å². The van der Waals surface area contributed by atoms with Gasteiger partial charge in [-0.1, -0.05) is 6.92 Å². The van der Waals surface area contributed by atoms with Crippen LogP contribution in [0.25, 0.3) is 0 Å². The van der Waals surface area contributed by atoms with E-state index in [9.17, 15) is 4.79 Å². The van der Waals surface area contributed by atoms with Gasteiger partial charge in [-0.25, -0.2) is 9.48 Å². The molecule has 0 bridgehead atoms. The van der Waals surface area contributed by atoms with Crippen LogP contribution in [0.15, 0.2) is 12.3 Å². The zero-order valence-corrected chi connectivity index (χ0v) is 14.9. The second-order valence-electron chi connectivity index (χ2n) is 7.08. The quantitative estimate of drug-likeness (QED) is 0.863. The summed E-state index contributed by atoms with van der Waals surface area (Å²) in [5, 5.41) is 7.46. The molecule has 1 saturated heterocycles. The molecule has 1 aliphatic heterocycles. The second-order valence-corrected chi connectivity index (χ2v) is 7.08. The van der Waals surface area contributed by atoms with Gasteiger partial charge in [-0.3, -0.25) is 5.32 Å². The molecule has 1 saturated carbocycles. The molecule has 0 spiro atoms. The van der Waals surface area contributed by atoms with E-state index in [1.807, 2.05) is 15.6 Å². The van der Waals surface area contributed by atoms with Crippen molar-refractivity contribution >= 4 is 11.8 Å². The summed E-state index contributed by atoms with van der Waals surface area (Å²) in [6, 6.07) is 2.23. The van der Waals surface area contributed by atoms with E-state index < -0.39 is 0 Å². The fourth-order valence-electron chi connectivity index (χ4n) is 3.42. The average Bonchev–Trinajstić information content (AvgIpc) is 3.37. The van der Waals surface area contributed by atoms with Crippen molar-refractivity contribution in [2.45, 2.75) is 64.5 Å². The number of likely N-dealkylation sites (tertiary alicyclic amines) is 1. The Balaban J connectivity index is 1.54. The van der Waals surface area contributed by atoms with Crippen molar-refractivity contribution in [1.82, 2.24) is 14.7 Å². The van der Waals surface area contributed by atoms with E-state index in [4.69, 9.17) is 4.74 Å². The first-order chi connectivity index (χ1) is 11.7. The summed E-state index contributed by atoms with van der Waals surface area (Å²) in [6.45, 7) is 6.68. The monoisotopic (exact) mass is 334 g/mol. The standard InChI is InChI=1S/C18H30N4O2/c1-3-13-24-16-5-4-11-21(12-9-16)18(23)20-17-8-10-19-22(17)14(2)15-6-7-15/h8,10,14-16H,3-7,9,11-13H2,1-2H3,(H,20,23)/t14-,16+/m1/s1. The molecule has 0 radical (unpaired) electrons. The molecule has 2 atom stereocenters. The van der Waals surface area contributed by atoms with Crippen LogP contribution in [0.5, 0.6) is 0 Å². The highest BCUT2D eigenvalue weighted by Gasteiger charge is 2.31. The Labute approximate surface area is 144 Å². The van der Waals surface area contributed by atoms with Crippen molar-refractivity contribution in [2.24, 2.45) is 5.92 Å². The van der Waals surface area contributed by atoms with Gasteiger partial charge in [0.25, 0.3) is 0 Å². The van der Waals surface area contributed by atoms with E-state index >= 15 is 0 Å². The van der Waals surface area contributed by atoms with E-state index in [0.717, 1.165) is 51.2 Å². The molecule has 6 nitrogen and oxygen atoms in total. The molecule has 0 unspecified atom stereocenters. The second kappa shape index (κ2) is 8.01. The van der Waals surface area contributed by atoms with Crippen LogP contribution in [0.1, 0.15) is 58.4 Å². The highest BCUT2D eigenvalue weighted by Crippen LogP contribution is 2.40. The van der Waals surface area contributed by atoms with Gasteiger partial charge in [0.1, 0.15) is 5.82 Å². The summed E-state index contributed by atoms with van der Waals surface area (Å²) in [5.74, 6) is 1.51. The Morgan fingerprint density at radius 2 is 2.21 bits per heavy atom. The fraction of sp³-hybridized carbons (Fsp3) is 0.778. The smallest absolute Gasteiger partial charge is 0.323 e. The molecule has 2 heterocycles. The molecular formula is C18H30N4O2. The Bertz CT molecular complexity index is 541. The van der Waals surface area contributed by atoms with Crippen LogP contribution < -0.4 is 5.32 Å². The minimum atomic E-state index is -0.0177. The molecule has 24 heavy (non-hydrogen) atoms. The number of nitrogens with zero attached hydrogens (tertiary/aromatic N) is 3. The van der Waals surface area contributed by atoms with Crippen molar-refractivity contribution in [3.63, 3.8) is 0 Å². The van der Waals surface area contributed by atoms with Gasteiger partial charge in [0.15, 0.2) is 0 Å². The number of rotatable bonds is 6. The summed E-state index contributed by atoms with van der Waals surface area (Å²) >= 11 is 0. The van der Waals surface area contributed by atoms with Crippen molar-refractivity contribution in [2.75, 3.05) is 25.0 Å². The first-order valence-electron chi connectivity index (χ1n) is 9.40. The van der Waals surface area contributed by atoms with Crippen molar-refractivity contribution in [1.29, 1.82) is 0 Å². The summed E-state index contributed by atoms with van der Waals surface area (Å²) < 4.78 is 7.82. The Morgan fingerprint density at radius 3 is 2.96 bits per heavy atom. The van der Waals surface area contributed by atoms with Gasteiger partial charge in [0.2, 0.25) is 0 Å². The number of urea groups is 1. The lowest BCUT2D eigenvalue weighted by atomic mass is 10.2. The molecule has 1 aromatic rings. The van der Waals surface area contributed by atoms with Gasteiger partial charge < -0.3 is 9.64 Å². The predicted molar refractivity (Wildman–Crippen MR) is 94.1 cm³/mol. The van der Waals surface area contributed by atoms with Crippen LogP contribution in [0.4, 0.5) is 10.6 Å². The van der Waals surface area contributed by atoms with Crippen LogP contribution in [0.3, 0.4) is 0 Å². The minimum absolute atomic E-state index is 0.0177. The molecule has 134 valence electrons. The molecule has 2 aliphatic rings. The Kier molecular flexibility index (Phi) is 5.76. The Hall–Kier alpha value is -1.56. The lowest BCUT2D eigenvalue weighted by Gasteiger charge is -2.22. The van der Waals surface area contributed by atoms with Crippen LogP contribution in [-0.2, 0) is 4.74 Å². The summed E-state index contributed by atoms with van der Waals surface area (Å²) in [7, 11) is 0. The van der Waals surface area contributed by atoms with Gasteiger partial charge in [-0.2, -0.15) is 5.10 Å². The lowest BCUT2D eigenvalue weighted by Crippen LogP contribution is -2.36. The van der Waals surface area contributed by atoms with Crippen LogP contribution in [0.2, 0.25) is 0 Å². The predicted octanol–water partition coefficient (Wildman–Crippen LogP) is 3.67. The van der Waals surface area contributed by atoms with Crippen molar-refractivity contribution in [3.05, 3.63) is 12.3 Å². The topological polar surface area (TPSA) is 59.4 Å². The molecule has 6 heteroatoms. The van der Waals surface area contributed by atoms with E-state index in [0.29, 0.717) is 18.1 Å². The molecule has 1 aliphatic carbocycles. The maximum absolute atomic E-state index is 12.6. The van der Waals surface area contributed by atoms with Gasteiger partial charge in [-0.05, 0) is 51.4 Å². The first kappa shape index (κ1) is 17.3.